The maximum absolute atomic E-state index is 6.21. The first-order chi connectivity index (χ1) is 14.9. The number of fused-ring (bicyclic) bond motifs is 1. The molecule has 6 nitrogen and oxygen atoms in total. The number of hydrogen-bond donors (Lipinski definition) is 1. The number of aromatic nitrogens is 3. The highest BCUT2D eigenvalue weighted by molar-refractivity contribution is 9.10. The second-order valence-electron chi connectivity index (χ2n) is 7.79. The Labute approximate surface area is 190 Å². The van der Waals surface area contributed by atoms with E-state index in [2.05, 4.69) is 99.3 Å². The summed E-state index contributed by atoms with van der Waals surface area (Å²) in [4.78, 5) is 17.8. The van der Waals surface area contributed by atoms with E-state index in [0.29, 0.717) is 11.5 Å². The van der Waals surface area contributed by atoms with Gasteiger partial charge in [-0.05, 0) is 55.6 Å². The molecule has 2 N–H and O–H groups in total. The van der Waals surface area contributed by atoms with E-state index < -0.39 is 0 Å². The Hall–Kier alpha value is -3.03. The van der Waals surface area contributed by atoms with Gasteiger partial charge in [-0.3, -0.25) is 0 Å². The van der Waals surface area contributed by atoms with E-state index in [-0.39, 0.29) is 0 Å². The van der Waals surface area contributed by atoms with E-state index in [4.69, 9.17) is 10.7 Å². The van der Waals surface area contributed by atoms with Crippen molar-refractivity contribution < 1.29 is 0 Å². The first-order valence-corrected chi connectivity index (χ1v) is 10.8. The number of likely N-dealkylation sites (N-methyl/N-ethyl adjacent to an activating group) is 2. The molecule has 0 aliphatic carbocycles. The fraction of sp³-hybridized carbons (Fsp3) is 0.208. The van der Waals surface area contributed by atoms with Crippen LogP contribution in [-0.4, -0.2) is 54.1 Å². The van der Waals surface area contributed by atoms with Crippen LogP contribution >= 0.6 is 15.9 Å². The number of pyridine rings is 1. The minimum atomic E-state index is 0.428. The summed E-state index contributed by atoms with van der Waals surface area (Å²) in [6, 6.07) is 18.6. The summed E-state index contributed by atoms with van der Waals surface area (Å²) in [5, 5.41) is 0.768. The van der Waals surface area contributed by atoms with Gasteiger partial charge in [0.25, 0.3) is 0 Å². The van der Waals surface area contributed by atoms with Crippen molar-refractivity contribution in [2.45, 2.75) is 0 Å². The predicted octanol–water partition coefficient (Wildman–Crippen LogP) is 4.70. The van der Waals surface area contributed by atoms with E-state index >= 15 is 0 Å². The van der Waals surface area contributed by atoms with Gasteiger partial charge < -0.3 is 15.5 Å². The molecule has 4 rings (SSSR count). The van der Waals surface area contributed by atoms with Crippen molar-refractivity contribution in [1.29, 1.82) is 0 Å². The summed E-state index contributed by atoms with van der Waals surface area (Å²) in [5.74, 6) is 0.428. The molecule has 2 heterocycles. The maximum Gasteiger partial charge on any atom is 0.165 e. The third-order valence-corrected chi connectivity index (χ3v) is 5.75. The lowest BCUT2D eigenvalue weighted by Crippen LogP contribution is -2.28. The first-order valence-electron chi connectivity index (χ1n) is 10.1. The Morgan fingerprint density at radius 2 is 1.68 bits per heavy atom. The van der Waals surface area contributed by atoms with Crippen molar-refractivity contribution in [2.75, 3.05) is 44.9 Å². The molecule has 0 fully saturated rings. The molecule has 0 atom stereocenters. The molecule has 0 radical (unpaired) electrons. The van der Waals surface area contributed by atoms with Gasteiger partial charge >= 0.3 is 0 Å². The van der Waals surface area contributed by atoms with Gasteiger partial charge in [0.1, 0.15) is 12.1 Å². The van der Waals surface area contributed by atoms with Crippen molar-refractivity contribution in [3.8, 4) is 22.4 Å². The zero-order chi connectivity index (χ0) is 22.0. The van der Waals surface area contributed by atoms with Gasteiger partial charge in [0.15, 0.2) is 5.65 Å². The molecule has 0 amide bonds. The molecule has 0 saturated carbocycles. The minimum absolute atomic E-state index is 0.428. The van der Waals surface area contributed by atoms with Gasteiger partial charge in [-0.1, -0.05) is 40.2 Å². The lowest BCUT2D eigenvalue weighted by molar-refractivity contribution is 0.416. The summed E-state index contributed by atoms with van der Waals surface area (Å²) in [5.41, 5.74) is 11.8. The minimum Gasteiger partial charge on any atom is -0.383 e. The van der Waals surface area contributed by atoms with Gasteiger partial charge in [0, 0.05) is 35.9 Å². The van der Waals surface area contributed by atoms with E-state index in [9.17, 15) is 0 Å². The number of hydrogen-bond acceptors (Lipinski definition) is 6. The average Bonchev–Trinajstić information content (AvgIpc) is 2.77. The van der Waals surface area contributed by atoms with Crippen molar-refractivity contribution in [1.82, 2.24) is 19.9 Å². The van der Waals surface area contributed by atoms with Crippen LogP contribution in [0.2, 0.25) is 0 Å². The molecule has 0 spiro atoms. The molecule has 7 heteroatoms. The second-order valence-corrected chi connectivity index (χ2v) is 8.71. The van der Waals surface area contributed by atoms with E-state index in [1.54, 1.807) is 0 Å². The van der Waals surface area contributed by atoms with Crippen LogP contribution in [0.4, 0.5) is 11.5 Å². The normalized spacial score (nSPS) is 11.3. The highest BCUT2D eigenvalue weighted by atomic mass is 79.9. The summed E-state index contributed by atoms with van der Waals surface area (Å²) < 4.78 is 0.997. The molecule has 0 unspecified atom stereocenters. The summed E-state index contributed by atoms with van der Waals surface area (Å²) in [6.07, 6.45) is 1.46. The SMILES string of the molecule is CN(C)CCN(C)c1ccc(-c2cc(-c3cccc(Br)c3)c3c(N)ncnc3n2)cc1. The van der Waals surface area contributed by atoms with Crippen LogP contribution in [0.5, 0.6) is 0 Å². The van der Waals surface area contributed by atoms with E-state index in [0.717, 1.165) is 45.3 Å². The third-order valence-electron chi connectivity index (χ3n) is 5.26. The fourth-order valence-corrected chi connectivity index (χ4v) is 3.88. The number of nitrogens with two attached hydrogens (primary N) is 1. The summed E-state index contributed by atoms with van der Waals surface area (Å²) >= 11 is 3.56. The molecule has 4 aromatic rings. The number of anilines is 2. The monoisotopic (exact) mass is 476 g/mol. The smallest absolute Gasteiger partial charge is 0.165 e. The number of nitrogens with zero attached hydrogens (tertiary/aromatic N) is 5. The molecule has 0 aliphatic heterocycles. The standard InChI is InChI=1S/C24H25BrN6/c1-30(2)11-12-31(3)19-9-7-16(8-10-19)21-14-20(17-5-4-6-18(25)13-17)22-23(26)27-15-28-24(22)29-21/h4-10,13-15H,11-12H2,1-3H3,(H2,26,27,28,29). The summed E-state index contributed by atoms with van der Waals surface area (Å²) in [6.45, 7) is 1.96. The zero-order valence-electron chi connectivity index (χ0n) is 17.9. The Balaban J connectivity index is 1.77. The van der Waals surface area contributed by atoms with E-state index in [1.165, 1.54) is 12.0 Å². The second kappa shape index (κ2) is 8.99. The largest absolute Gasteiger partial charge is 0.383 e. The molecule has 2 aromatic heterocycles. The number of nitrogen functional groups attached to an aromatic ring is 1. The topological polar surface area (TPSA) is 71.2 Å². The molecule has 158 valence electrons. The van der Waals surface area contributed by atoms with Gasteiger partial charge in [-0.25, -0.2) is 15.0 Å². The Morgan fingerprint density at radius 3 is 2.39 bits per heavy atom. The van der Waals surface area contributed by atoms with E-state index in [1.807, 2.05) is 12.1 Å². The van der Waals surface area contributed by atoms with Crippen LogP contribution in [0.3, 0.4) is 0 Å². The Morgan fingerprint density at radius 1 is 0.903 bits per heavy atom. The van der Waals surface area contributed by atoms with Crippen LogP contribution in [0.15, 0.2) is 65.4 Å². The summed E-state index contributed by atoms with van der Waals surface area (Å²) in [7, 11) is 6.28. The van der Waals surface area contributed by atoms with Crippen molar-refractivity contribution >= 4 is 38.5 Å². The van der Waals surface area contributed by atoms with Crippen LogP contribution in [-0.2, 0) is 0 Å². The number of benzene rings is 2. The highest BCUT2D eigenvalue weighted by Crippen LogP contribution is 2.35. The molecule has 0 bridgehead atoms. The average molecular weight is 477 g/mol. The van der Waals surface area contributed by atoms with Gasteiger partial charge in [0.2, 0.25) is 0 Å². The van der Waals surface area contributed by atoms with Crippen LogP contribution < -0.4 is 10.6 Å². The van der Waals surface area contributed by atoms with Crippen LogP contribution in [0.25, 0.3) is 33.4 Å². The lowest BCUT2D eigenvalue weighted by atomic mass is 10.00. The molecular formula is C24H25BrN6. The zero-order valence-corrected chi connectivity index (χ0v) is 19.5. The highest BCUT2D eigenvalue weighted by Gasteiger charge is 2.14. The van der Waals surface area contributed by atoms with Gasteiger partial charge in [0.05, 0.1) is 11.1 Å². The predicted molar refractivity (Wildman–Crippen MR) is 132 cm³/mol. The number of halogens is 1. The van der Waals surface area contributed by atoms with Gasteiger partial charge in [-0.2, -0.15) is 0 Å². The molecule has 0 aliphatic rings. The fourth-order valence-electron chi connectivity index (χ4n) is 3.49. The molecule has 2 aromatic carbocycles. The molecule has 0 saturated heterocycles. The maximum atomic E-state index is 6.21. The van der Waals surface area contributed by atoms with Crippen LogP contribution in [0, 0.1) is 0 Å². The lowest BCUT2D eigenvalue weighted by Gasteiger charge is -2.21. The first kappa shape index (κ1) is 21.2. The third kappa shape index (κ3) is 4.68. The van der Waals surface area contributed by atoms with Crippen molar-refractivity contribution in [2.24, 2.45) is 0 Å². The quantitative estimate of drug-likeness (QED) is 0.434. The Kier molecular flexibility index (Phi) is 6.15. The van der Waals surface area contributed by atoms with Crippen molar-refractivity contribution in [3.63, 3.8) is 0 Å². The van der Waals surface area contributed by atoms with Crippen molar-refractivity contribution in [3.05, 3.63) is 65.4 Å². The van der Waals surface area contributed by atoms with Gasteiger partial charge in [-0.15, -0.1) is 0 Å². The molecular weight excluding hydrogens is 452 g/mol. The Bertz CT molecular complexity index is 1210. The number of rotatable bonds is 6. The molecule has 31 heavy (non-hydrogen) atoms. The van der Waals surface area contributed by atoms with Crippen LogP contribution in [0.1, 0.15) is 0 Å².